The van der Waals surface area contributed by atoms with Crippen molar-refractivity contribution in [2.24, 2.45) is 0 Å². The van der Waals surface area contributed by atoms with E-state index in [1.807, 2.05) is 19.1 Å². The van der Waals surface area contributed by atoms with Crippen LogP contribution in [-0.4, -0.2) is 5.88 Å². The van der Waals surface area contributed by atoms with Crippen LogP contribution in [0.5, 0.6) is 0 Å². The van der Waals surface area contributed by atoms with Crippen molar-refractivity contribution in [2.45, 2.75) is 6.92 Å². The molecule has 3 heteroatoms. The van der Waals surface area contributed by atoms with Gasteiger partial charge in [-0.15, -0.1) is 11.6 Å². The molecule has 0 aliphatic rings. The summed E-state index contributed by atoms with van der Waals surface area (Å²) in [6, 6.07) is 7.19. The van der Waals surface area contributed by atoms with Crippen molar-refractivity contribution in [1.29, 1.82) is 0 Å². The Kier molecular flexibility index (Phi) is 6.83. The first-order chi connectivity index (χ1) is 5.22. The number of benzene rings is 1. The third-order valence-electron chi connectivity index (χ3n) is 0.824. The molecule has 0 unspecified atom stereocenters. The minimum absolute atomic E-state index is 0.606. The van der Waals surface area contributed by atoms with Crippen molar-refractivity contribution >= 4 is 34.8 Å². The molecule has 0 aromatic heterocycles. The molecule has 0 fully saturated rings. The first-order valence-electron chi connectivity index (χ1n) is 3.18. The molecule has 0 N–H and O–H groups in total. The third kappa shape index (κ3) is 5.37. The second-order valence-electron chi connectivity index (χ2n) is 1.68. The Labute approximate surface area is 82.1 Å². The molecule has 0 amide bonds. The van der Waals surface area contributed by atoms with Crippen LogP contribution in [0.15, 0.2) is 24.3 Å². The highest BCUT2D eigenvalue weighted by Crippen LogP contribution is 2.19. The molecule has 1 aromatic carbocycles. The summed E-state index contributed by atoms with van der Waals surface area (Å²) in [4.78, 5) is 0. The Morgan fingerprint density at radius 3 is 1.55 bits per heavy atom. The monoisotopic (exact) mass is 210 g/mol. The van der Waals surface area contributed by atoms with E-state index >= 15 is 0 Å². The maximum Gasteiger partial charge on any atom is 0.0592 e. The minimum Gasteiger partial charge on any atom is -0.127 e. The molecule has 0 aliphatic heterocycles. The van der Waals surface area contributed by atoms with E-state index in [-0.39, 0.29) is 0 Å². The van der Waals surface area contributed by atoms with Crippen LogP contribution in [0.1, 0.15) is 6.92 Å². The first kappa shape index (κ1) is 11.1. The summed E-state index contributed by atoms with van der Waals surface area (Å²) in [6.45, 7) is 1.89. The van der Waals surface area contributed by atoms with Gasteiger partial charge in [-0.2, -0.15) is 0 Å². The molecule has 0 saturated heterocycles. The molecule has 1 rings (SSSR count). The standard InChI is InChI=1S/C6H4Cl2.C2H5Cl/c7-5-3-1-2-4-6(5)8;1-2-3/h1-4H;2H2,1H3. The van der Waals surface area contributed by atoms with Crippen LogP contribution in [-0.2, 0) is 0 Å². The van der Waals surface area contributed by atoms with E-state index in [4.69, 9.17) is 34.8 Å². The molecule has 0 atom stereocenters. The molecule has 1 aromatic rings. The topological polar surface area (TPSA) is 0 Å². The fourth-order valence-electron chi connectivity index (χ4n) is 0.439. The van der Waals surface area contributed by atoms with Gasteiger partial charge in [-0.1, -0.05) is 42.3 Å². The van der Waals surface area contributed by atoms with Crippen LogP contribution < -0.4 is 0 Å². The van der Waals surface area contributed by atoms with Crippen LogP contribution in [0, 0.1) is 0 Å². The Bertz CT molecular complexity index is 177. The molecule has 0 spiro atoms. The lowest BCUT2D eigenvalue weighted by Gasteiger charge is -1.88. The van der Waals surface area contributed by atoms with E-state index in [1.54, 1.807) is 12.1 Å². The molecule has 0 radical (unpaired) electrons. The van der Waals surface area contributed by atoms with Crippen LogP contribution >= 0.6 is 34.8 Å². The fourth-order valence-corrected chi connectivity index (χ4v) is 0.711. The summed E-state index contributed by atoms with van der Waals surface area (Å²) < 4.78 is 0. The van der Waals surface area contributed by atoms with E-state index in [2.05, 4.69) is 0 Å². The van der Waals surface area contributed by atoms with Gasteiger partial charge >= 0.3 is 0 Å². The third-order valence-corrected chi connectivity index (χ3v) is 1.58. The van der Waals surface area contributed by atoms with Crippen molar-refractivity contribution in [3.05, 3.63) is 34.3 Å². The molecule has 0 nitrogen and oxygen atoms in total. The molecular weight excluding hydrogens is 202 g/mol. The van der Waals surface area contributed by atoms with E-state index in [9.17, 15) is 0 Å². The maximum absolute atomic E-state index is 5.58. The number of halogens is 3. The average Bonchev–Trinajstić information content (AvgIpc) is 1.97. The number of alkyl halides is 1. The predicted molar refractivity (Wildman–Crippen MR) is 52.9 cm³/mol. The number of hydrogen-bond acceptors (Lipinski definition) is 0. The zero-order valence-corrected chi connectivity index (χ0v) is 8.42. The summed E-state index contributed by atoms with van der Waals surface area (Å²) in [5, 5.41) is 1.21. The van der Waals surface area contributed by atoms with Crippen molar-refractivity contribution in [3.8, 4) is 0 Å². The normalized spacial score (nSPS) is 8.36. The maximum atomic E-state index is 5.58. The summed E-state index contributed by atoms with van der Waals surface area (Å²) in [5.74, 6) is 0.722. The summed E-state index contributed by atoms with van der Waals surface area (Å²) in [6.07, 6.45) is 0. The van der Waals surface area contributed by atoms with Gasteiger partial charge in [0.25, 0.3) is 0 Å². The molecule has 0 heterocycles. The smallest absolute Gasteiger partial charge is 0.0592 e. The first-order valence-corrected chi connectivity index (χ1v) is 4.47. The molecule has 0 aliphatic carbocycles. The Morgan fingerprint density at radius 2 is 1.36 bits per heavy atom. The lowest BCUT2D eigenvalue weighted by molar-refractivity contribution is 1.51. The number of hydrogen-bond donors (Lipinski definition) is 0. The van der Waals surface area contributed by atoms with Gasteiger partial charge in [0.1, 0.15) is 0 Å². The lowest BCUT2D eigenvalue weighted by atomic mass is 10.4. The largest absolute Gasteiger partial charge is 0.127 e. The van der Waals surface area contributed by atoms with Crippen LogP contribution in [0.25, 0.3) is 0 Å². The second-order valence-corrected chi connectivity index (χ2v) is 3.03. The highest BCUT2D eigenvalue weighted by atomic mass is 35.5. The predicted octanol–water partition coefficient (Wildman–Crippen LogP) is 4.24. The molecular formula is C8H9Cl3. The van der Waals surface area contributed by atoms with Gasteiger partial charge in [-0.05, 0) is 12.1 Å². The van der Waals surface area contributed by atoms with Gasteiger partial charge in [0.2, 0.25) is 0 Å². The molecule has 0 bridgehead atoms. The van der Waals surface area contributed by atoms with Gasteiger partial charge in [0, 0.05) is 5.88 Å². The average molecular weight is 212 g/mol. The minimum atomic E-state index is 0.606. The highest BCUT2D eigenvalue weighted by Gasteiger charge is 1.89. The van der Waals surface area contributed by atoms with Crippen molar-refractivity contribution in [2.75, 3.05) is 5.88 Å². The fraction of sp³-hybridized carbons (Fsp3) is 0.250. The van der Waals surface area contributed by atoms with E-state index in [0.717, 1.165) is 5.88 Å². The van der Waals surface area contributed by atoms with Gasteiger partial charge in [-0.3, -0.25) is 0 Å². The second kappa shape index (κ2) is 6.78. The highest BCUT2D eigenvalue weighted by molar-refractivity contribution is 6.41. The van der Waals surface area contributed by atoms with Gasteiger partial charge < -0.3 is 0 Å². The van der Waals surface area contributed by atoms with Gasteiger partial charge in [0.15, 0.2) is 0 Å². The van der Waals surface area contributed by atoms with Crippen molar-refractivity contribution in [1.82, 2.24) is 0 Å². The van der Waals surface area contributed by atoms with Crippen molar-refractivity contribution in [3.63, 3.8) is 0 Å². The zero-order chi connectivity index (χ0) is 8.69. The van der Waals surface area contributed by atoms with E-state index < -0.39 is 0 Å². The van der Waals surface area contributed by atoms with Crippen molar-refractivity contribution < 1.29 is 0 Å². The Balaban J connectivity index is 0.000000292. The Hall–Kier alpha value is 0.0900. The summed E-state index contributed by atoms with van der Waals surface area (Å²) in [5.41, 5.74) is 0. The molecule has 11 heavy (non-hydrogen) atoms. The summed E-state index contributed by atoms with van der Waals surface area (Å²) >= 11 is 16.2. The quantitative estimate of drug-likeness (QED) is 0.563. The summed E-state index contributed by atoms with van der Waals surface area (Å²) in [7, 11) is 0. The van der Waals surface area contributed by atoms with Gasteiger partial charge in [0.05, 0.1) is 10.0 Å². The molecule has 62 valence electrons. The zero-order valence-electron chi connectivity index (χ0n) is 6.15. The Morgan fingerprint density at radius 1 is 1.09 bits per heavy atom. The number of rotatable bonds is 0. The van der Waals surface area contributed by atoms with E-state index in [1.165, 1.54) is 0 Å². The van der Waals surface area contributed by atoms with Crippen LogP contribution in [0.3, 0.4) is 0 Å². The van der Waals surface area contributed by atoms with Crippen LogP contribution in [0.4, 0.5) is 0 Å². The molecule has 0 saturated carbocycles. The SMILES string of the molecule is CCCl.Clc1ccccc1Cl. The van der Waals surface area contributed by atoms with Crippen LogP contribution in [0.2, 0.25) is 10.0 Å². The van der Waals surface area contributed by atoms with E-state index in [0.29, 0.717) is 10.0 Å². The van der Waals surface area contributed by atoms with Gasteiger partial charge in [-0.25, -0.2) is 0 Å². The lowest BCUT2D eigenvalue weighted by Crippen LogP contribution is -1.62.